The van der Waals surface area contributed by atoms with E-state index in [9.17, 15) is 8.78 Å². The molecule has 0 radical (unpaired) electrons. The molecule has 0 bridgehead atoms. The zero-order chi connectivity index (χ0) is 17.1. The number of aromatic amines is 1. The van der Waals surface area contributed by atoms with E-state index >= 15 is 0 Å². The molecule has 1 aromatic carbocycles. The molecule has 0 atom stereocenters. The van der Waals surface area contributed by atoms with E-state index in [-0.39, 0.29) is 11.8 Å². The summed E-state index contributed by atoms with van der Waals surface area (Å²) in [6, 6.07) is 2.99. The van der Waals surface area contributed by atoms with Crippen LogP contribution in [0.3, 0.4) is 0 Å². The quantitative estimate of drug-likeness (QED) is 0.717. The Balaban J connectivity index is 2.01. The van der Waals surface area contributed by atoms with Crippen LogP contribution in [-0.2, 0) is 6.42 Å². The van der Waals surface area contributed by atoms with Gasteiger partial charge < -0.3 is 10.1 Å². The van der Waals surface area contributed by atoms with Gasteiger partial charge in [-0.15, -0.1) is 0 Å². The van der Waals surface area contributed by atoms with Gasteiger partial charge >= 0.3 is 6.01 Å². The van der Waals surface area contributed by atoms with Crippen LogP contribution in [0.4, 0.5) is 14.6 Å². The van der Waals surface area contributed by atoms with Crippen molar-refractivity contribution in [2.75, 3.05) is 11.9 Å². The van der Waals surface area contributed by atoms with Crippen LogP contribution < -0.4 is 10.1 Å². The molecule has 0 fully saturated rings. The Kier molecular flexibility index (Phi) is 4.54. The standard InChI is InChI=1S/C16H17F2N5O/c1-3-7-19-14-13-11(4-2)22-23-15(13)21-16(20-14)24-12-6-5-9(17)8-10(12)18/h5-6,8H,3-4,7H2,1-2H3,(H2,19,20,21,22,23). The van der Waals surface area contributed by atoms with Gasteiger partial charge in [-0.05, 0) is 25.0 Å². The Labute approximate surface area is 137 Å². The average Bonchev–Trinajstić information content (AvgIpc) is 2.98. The van der Waals surface area contributed by atoms with E-state index < -0.39 is 11.6 Å². The summed E-state index contributed by atoms with van der Waals surface area (Å²) in [5.74, 6) is -1.08. The van der Waals surface area contributed by atoms with Crippen LogP contribution in [0.2, 0.25) is 0 Å². The van der Waals surface area contributed by atoms with Gasteiger partial charge in [-0.25, -0.2) is 8.78 Å². The Bertz CT molecular complexity index is 865. The van der Waals surface area contributed by atoms with Crippen LogP contribution in [0, 0.1) is 11.6 Å². The zero-order valence-electron chi connectivity index (χ0n) is 13.4. The maximum atomic E-state index is 13.8. The molecule has 3 aromatic rings. The van der Waals surface area contributed by atoms with Crippen LogP contribution in [0.5, 0.6) is 11.8 Å². The summed E-state index contributed by atoms with van der Waals surface area (Å²) in [5.41, 5.74) is 1.33. The van der Waals surface area contributed by atoms with Gasteiger partial charge in [0.15, 0.2) is 17.2 Å². The van der Waals surface area contributed by atoms with E-state index in [1.165, 1.54) is 6.07 Å². The van der Waals surface area contributed by atoms with Gasteiger partial charge in [-0.2, -0.15) is 15.1 Å². The van der Waals surface area contributed by atoms with Crippen molar-refractivity contribution in [3.8, 4) is 11.8 Å². The van der Waals surface area contributed by atoms with Crippen molar-refractivity contribution >= 4 is 16.9 Å². The average molecular weight is 333 g/mol. The summed E-state index contributed by atoms with van der Waals surface area (Å²) in [5, 5.41) is 11.1. The lowest BCUT2D eigenvalue weighted by Gasteiger charge is -2.09. The molecule has 0 unspecified atom stereocenters. The predicted molar refractivity (Wildman–Crippen MR) is 86.3 cm³/mol. The van der Waals surface area contributed by atoms with Gasteiger partial charge in [-0.1, -0.05) is 13.8 Å². The summed E-state index contributed by atoms with van der Waals surface area (Å²) in [4.78, 5) is 8.51. The Morgan fingerprint density at radius 2 is 2.04 bits per heavy atom. The van der Waals surface area contributed by atoms with Crippen molar-refractivity contribution in [3.63, 3.8) is 0 Å². The van der Waals surface area contributed by atoms with Crippen molar-refractivity contribution in [2.24, 2.45) is 0 Å². The Hall–Kier alpha value is -2.77. The van der Waals surface area contributed by atoms with Gasteiger partial charge in [-0.3, -0.25) is 5.10 Å². The molecule has 0 amide bonds. The Morgan fingerprint density at radius 1 is 1.21 bits per heavy atom. The molecule has 8 heteroatoms. The largest absolute Gasteiger partial charge is 0.421 e. The summed E-state index contributed by atoms with van der Waals surface area (Å²) in [7, 11) is 0. The first kappa shape index (κ1) is 16.1. The molecule has 126 valence electrons. The first-order valence-electron chi connectivity index (χ1n) is 7.74. The van der Waals surface area contributed by atoms with Gasteiger partial charge in [0.25, 0.3) is 0 Å². The molecule has 6 nitrogen and oxygen atoms in total. The Morgan fingerprint density at radius 3 is 2.75 bits per heavy atom. The summed E-state index contributed by atoms with van der Waals surface area (Å²) < 4.78 is 32.1. The fraction of sp³-hybridized carbons (Fsp3) is 0.312. The molecule has 3 rings (SSSR count). The van der Waals surface area contributed by atoms with Gasteiger partial charge in [0.2, 0.25) is 0 Å². The van der Waals surface area contributed by atoms with Crippen LogP contribution in [-0.4, -0.2) is 26.7 Å². The number of H-pyrrole nitrogens is 1. The van der Waals surface area contributed by atoms with Crippen molar-refractivity contribution < 1.29 is 13.5 Å². The number of halogens is 2. The smallest absolute Gasteiger partial charge is 0.326 e. The normalized spacial score (nSPS) is 11.0. The molecule has 2 aromatic heterocycles. The number of aromatic nitrogens is 4. The van der Waals surface area contributed by atoms with Crippen molar-refractivity contribution in [2.45, 2.75) is 26.7 Å². The van der Waals surface area contributed by atoms with E-state index in [4.69, 9.17) is 4.74 Å². The third kappa shape index (κ3) is 3.12. The zero-order valence-corrected chi connectivity index (χ0v) is 13.4. The molecule has 0 aliphatic rings. The fourth-order valence-corrected chi connectivity index (χ4v) is 2.29. The lowest BCUT2D eigenvalue weighted by Crippen LogP contribution is -2.05. The van der Waals surface area contributed by atoms with E-state index in [2.05, 4.69) is 25.5 Å². The number of benzene rings is 1. The number of nitrogens with one attached hydrogen (secondary N) is 2. The number of aryl methyl sites for hydroxylation is 1. The molecule has 0 aliphatic heterocycles. The van der Waals surface area contributed by atoms with Crippen LogP contribution in [0.15, 0.2) is 18.2 Å². The second-order valence-electron chi connectivity index (χ2n) is 5.21. The lowest BCUT2D eigenvalue weighted by atomic mass is 10.2. The molecule has 0 saturated heterocycles. The molecule has 24 heavy (non-hydrogen) atoms. The van der Waals surface area contributed by atoms with E-state index in [1.807, 2.05) is 13.8 Å². The van der Waals surface area contributed by atoms with Gasteiger partial charge in [0.05, 0.1) is 5.39 Å². The predicted octanol–water partition coefficient (Wildman–Crippen LogP) is 3.81. The van der Waals surface area contributed by atoms with Gasteiger partial charge in [0, 0.05) is 18.3 Å². The third-order valence-corrected chi connectivity index (χ3v) is 3.46. The minimum absolute atomic E-state index is 0.0548. The van der Waals surface area contributed by atoms with Crippen molar-refractivity contribution in [3.05, 3.63) is 35.5 Å². The summed E-state index contributed by atoms with van der Waals surface area (Å²) >= 11 is 0. The maximum absolute atomic E-state index is 13.8. The molecule has 2 N–H and O–H groups in total. The number of hydrogen-bond acceptors (Lipinski definition) is 5. The number of rotatable bonds is 6. The first-order valence-corrected chi connectivity index (χ1v) is 7.74. The highest BCUT2D eigenvalue weighted by Gasteiger charge is 2.16. The summed E-state index contributed by atoms with van der Waals surface area (Å²) in [6.07, 6.45) is 1.65. The molecule has 0 spiro atoms. The highest BCUT2D eigenvalue weighted by Crippen LogP contribution is 2.28. The van der Waals surface area contributed by atoms with Crippen LogP contribution in [0.25, 0.3) is 11.0 Å². The molecule has 2 heterocycles. The third-order valence-electron chi connectivity index (χ3n) is 3.46. The van der Waals surface area contributed by atoms with Crippen molar-refractivity contribution in [1.29, 1.82) is 0 Å². The van der Waals surface area contributed by atoms with Gasteiger partial charge in [0.1, 0.15) is 11.6 Å². The number of fused-ring (bicyclic) bond motifs is 1. The number of hydrogen-bond donors (Lipinski definition) is 2. The van der Waals surface area contributed by atoms with Crippen molar-refractivity contribution in [1.82, 2.24) is 20.2 Å². The highest BCUT2D eigenvalue weighted by molar-refractivity contribution is 5.89. The lowest BCUT2D eigenvalue weighted by molar-refractivity contribution is 0.410. The SMILES string of the molecule is CCCNc1nc(Oc2ccc(F)cc2F)nc2n[nH]c(CC)c12. The summed E-state index contributed by atoms with van der Waals surface area (Å²) in [6.45, 7) is 4.74. The molecule has 0 saturated carbocycles. The number of nitrogens with zero attached hydrogens (tertiary/aromatic N) is 3. The molecule has 0 aliphatic carbocycles. The minimum Gasteiger partial charge on any atom is -0.421 e. The van der Waals surface area contributed by atoms with E-state index in [0.29, 0.717) is 18.0 Å². The van der Waals surface area contributed by atoms with Crippen LogP contribution >= 0.6 is 0 Å². The molecular weight excluding hydrogens is 316 g/mol. The minimum atomic E-state index is -0.821. The highest BCUT2D eigenvalue weighted by atomic mass is 19.1. The topological polar surface area (TPSA) is 75.7 Å². The van der Waals surface area contributed by atoms with E-state index in [0.717, 1.165) is 36.1 Å². The number of ether oxygens (including phenoxy) is 1. The van der Waals surface area contributed by atoms with E-state index in [1.54, 1.807) is 0 Å². The maximum Gasteiger partial charge on any atom is 0.326 e. The molecular formula is C16H17F2N5O. The second-order valence-corrected chi connectivity index (χ2v) is 5.21. The monoisotopic (exact) mass is 333 g/mol. The van der Waals surface area contributed by atoms with Crippen LogP contribution in [0.1, 0.15) is 26.0 Å². The fourth-order valence-electron chi connectivity index (χ4n) is 2.29. The number of anilines is 1. The second kappa shape index (κ2) is 6.77. The first-order chi connectivity index (χ1) is 11.6.